The first kappa shape index (κ1) is 14.0. The van der Waals surface area contributed by atoms with E-state index in [-0.39, 0.29) is 0 Å². The first-order valence-electron chi connectivity index (χ1n) is 8.21. The standard InChI is InChI=1S/C17H27N3/c1-11(10-18-15-7-8-15)9-16-12(2)19-17(20-13(16)3)14-5-4-6-14/h11,14-15,18H,4-10H2,1-3H3. The molecular weight excluding hydrogens is 246 g/mol. The van der Waals surface area contributed by atoms with Gasteiger partial charge in [0, 0.05) is 23.3 Å². The van der Waals surface area contributed by atoms with Gasteiger partial charge >= 0.3 is 0 Å². The van der Waals surface area contributed by atoms with Crippen LogP contribution in [0, 0.1) is 19.8 Å². The van der Waals surface area contributed by atoms with Gasteiger partial charge in [0.25, 0.3) is 0 Å². The quantitative estimate of drug-likeness (QED) is 0.864. The molecule has 20 heavy (non-hydrogen) atoms. The molecule has 0 radical (unpaired) electrons. The molecule has 2 aliphatic carbocycles. The first-order chi connectivity index (χ1) is 9.63. The molecule has 0 aromatic carbocycles. The fourth-order valence-electron chi connectivity index (χ4n) is 2.99. The van der Waals surface area contributed by atoms with Crippen molar-refractivity contribution < 1.29 is 0 Å². The van der Waals surface area contributed by atoms with E-state index in [1.54, 1.807) is 0 Å². The van der Waals surface area contributed by atoms with Gasteiger partial charge in [-0.1, -0.05) is 13.3 Å². The zero-order chi connectivity index (χ0) is 14.1. The van der Waals surface area contributed by atoms with Gasteiger partial charge in [-0.2, -0.15) is 0 Å². The highest BCUT2D eigenvalue weighted by atomic mass is 14.9. The van der Waals surface area contributed by atoms with E-state index >= 15 is 0 Å². The van der Waals surface area contributed by atoms with Crippen molar-refractivity contribution in [1.82, 2.24) is 15.3 Å². The van der Waals surface area contributed by atoms with Gasteiger partial charge in [0.15, 0.2) is 0 Å². The molecule has 3 nitrogen and oxygen atoms in total. The van der Waals surface area contributed by atoms with Crippen molar-refractivity contribution in [1.29, 1.82) is 0 Å². The summed E-state index contributed by atoms with van der Waals surface area (Å²) in [7, 11) is 0. The van der Waals surface area contributed by atoms with Gasteiger partial charge in [0.1, 0.15) is 5.82 Å². The Morgan fingerprint density at radius 2 is 1.75 bits per heavy atom. The zero-order valence-corrected chi connectivity index (χ0v) is 13.1. The molecule has 0 bridgehead atoms. The predicted molar refractivity (Wildman–Crippen MR) is 82.0 cm³/mol. The van der Waals surface area contributed by atoms with Gasteiger partial charge in [-0.15, -0.1) is 0 Å². The summed E-state index contributed by atoms with van der Waals surface area (Å²) in [6, 6.07) is 0.803. The van der Waals surface area contributed by atoms with Gasteiger partial charge in [-0.25, -0.2) is 9.97 Å². The molecule has 0 aliphatic heterocycles. The smallest absolute Gasteiger partial charge is 0.131 e. The Labute approximate surface area is 122 Å². The van der Waals surface area contributed by atoms with E-state index in [1.807, 2.05) is 0 Å². The molecule has 1 aromatic heterocycles. The number of hydrogen-bond donors (Lipinski definition) is 1. The van der Waals surface area contributed by atoms with Crippen LogP contribution in [-0.2, 0) is 6.42 Å². The summed E-state index contributed by atoms with van der Waals surface area (Å²) in [6.45, 7) is 7.77. The maximum atomic E-state index is 4.79. The number of rotatable bonds is 6. The van der Waals surface area contributed by atoms with Crippen LogP contribution in [0.2, 0.25) is 0 Å². The maximum absolute atomic E-state index is 4.79. The largest absolute Gasteiger partial charge is 0.314 e. The minimum absolute atomic E-state index is 0.635. The Kier molecular flexibility index (Phi) is 4.06. The molecule has 0 spiro atoms. The average Bonchev–Trinajstić information content (AvgIpc) is 3.13. The Morgan fingerprint density at radius 1 is 1.10 bits per heavy atom. The van der Waals surface area contributed by atoms with Gasteiger partial charge in [-0.05, 0) is 64.0 Å². The lowest BCUT2D eigenvalue weighted by Crippen LogP contribution is -2.25. The average molecular weight is 273 g/mol. The van der Waals surface area contributed by atoms with E-state index < -0.39 is 0 Å². The van der Waals surface area contributed by atoms with Gasteiger partial charge < -0.3 is 5.32 Å². The lowest BCUT2D eigenvalue weighted by atomic mass is 9.84. The molecule has 1 atom stereocenters. The number of aryl methyl sites for hydroxylation is 2. The molecule has 1 aromatic rings. The highest BCUT2D eigenvalue weighted by molar-refractivity contribution is 5.26. The summed E-state index contributed by atoms with van der Waals surface area (Å²) in [5.41, 5.74) is 3.79. The highest BCUT2D eigenvalue weighted by Gasteiger charge is 2.24. The summed E-state index contributed by atoms with van der Waals surface area (Å²) in [5.74, 6) is 2.39. The fraction of sp³-hybridized carbons (Fsp3) is 0.765. The monoisotopic (exact) mass is 273 g/mol. The third-order valence-corrected chi connectivity index (χ3v) is 4.79. The molecular formula is C17H27N3. The van der Waals surface area contributed by atoms with Crippen molar-refractivity contribution >= 4 is 0 Å². The molecule has 1 N–H and O–H groups in total. The van der Waals surface area contributed by atoms with Crippen LogP contribution in [0.3, 0.4) is 0 Å². The Balaban J connectivity index is 1.65. The molecule has 110 valence electrons. The maximum Gasteiger partial charge on any atom is 0.131 e. The molecule has 3 rings (SSSR count). The predicted octanol–water partition coefficient (Wildman–Crippen LogP) is 3.29. The van der Waals surface area contributed by atoms with E-state index in [0.717, 1.165) is 24.8 Å². The second-order valence-corrected chi connectivity index (χ2v) is 6.85. The Bertz CT molecular complexity index is 452. The van der Waals surface area contributed by atoms with E-state index in [1.165, 1.54) is 49.1 Å². The van der Waals surface area contributed by atoms with Crippen molar-refractivity contribution in [3.63, 3.8) is 0 Å². The van der Waals surface area contributed by atoms with Crippen molar-refractivity contribution in [3.05, 3.63) is 22.8 Å². The van der Waals surface area contributed by atoms with E-state index in [0.29, 0.717) is 11.8 Å². The second-order valence-electron chi connectivity index (χ2n) is 6.85. The summed E-state index contributed by atoms with van der Waals surface area (Å²) in [5, 5.41) is 3.62. The topological polar surface area (TPSA) is 37.8 Å². The van der Waals surface area contributed by atoms with Gasteiger partial charge in [0.05, 0.1) is 0 Å². The van der Waals surface area contributed by atoms with E-state index in [4.69, 9.17) is 9.97 Å². The van der Waals surface area contributed by atoms with Crippen LogP contribution in [0.5, 0.6) is 0 Å². The van der Waals surface area contributed by atoms with Gasteiger partial charge in [-0.3, -0.25) is 0 Å². The lowest BCUT2D eigenvalue weighted by Gasteiger charge is -2.25. The van der Waals surface area contributed by atoms with Crippen molar-refractivity contribution in [2.75, 3.05) is 6.54 Å². The van der Waals surface area contributed by atoms with Crippen LogP contribution in [0.25, 0.3) is 0 Å². The van der Waals surface area contributed by atoms with Crippen LogP contribution in [0.15, 0.2) is 0 Å². The summed E-state index contributed by atoms with van der Waals surface area (Å²) in [4.78, 5) is 9.57. The van der Waals surface area contributed by atoms with Crippen molar-refractivity contribution in [2.24, 2.45) is 5.92 Å². The molecule has 0 amide bonds. The van der Waals surface area contributed by atoms with Crippen LogP contribution in [0.1, 0.15) is 67.7 Å². The lowest BCUT2D eigenvalue weighted by molar-refractivity contribution is 0.399. The molecule has 0 saturated heterocycles. The highest BCUT2D eigenvalue weighted by Crippen LogP contribution is 2.35. The minimum Gasteiger partial charge on any atom is -0.314 e. The first-order valence-corrected chi connectivity index (χ1v) is 8.21. The zero-order valence-electron chi connectivity index (χ0n) is 13.1. The number of aromatic nitrogens is 2. The molecule has 1 heterocycles. The minimum atomic E-state index is 0.635. The van der Waals surface area contributed by atoms with Crippen LogP contribution >= 0.6 is 0 Å². The SMILES string of the molecule is Cc1nc(C2CCC2)nc(C)c1CC(C)CNC1CC1. The second kappa shape index (κ2) is 5.80. The molecule has 3 heteroatoms. The summed E-state index contributed by atoms with van der Waals surface area (Å²) in [6.07, 6.45) is 7.73. The Hall–Kier alpha value is -0.960. The molecule has 2 aliphatic rings. The number of nitrogens with one attached hydrogen (secondary N) is 1. The summed E-state index contributed by atoms with van der Waals surface area (Å²) >= 11 is 0. The third-order valence-electron chi connectivity index (χ3n) is 4.79. The summed E-state index contributed by atoms with van der Waals surface area (Å²) < 4.78 is 0. The van der Waals surface area contributed by atoms with E-state index in [2.05, 4.69) is 26.1 Å². The van der Waals surface area contributed by atoms with Crippen molar-refractivity contribution in [2.45, 2.75) is 71.3 Å². The molecule has 2 fully saturated rings. The van der Waals surface area contributed by atoms with Crippen LogP contribution < -0.4 is 5.32 Å². The fourth-order valence-corrected chi connectivity index (χ4v) is 2.99. The van der Waals surface area contributed by atoms with Crippen molar-refractivity contribution in [3.8, 4) is 0 Å². The molecule has 2 saturated carbocycles. The van der Waals surface area contributed by atoms with E-state index in [9.17, 15) is 0 Å². The third kappa shape index (κ3) is 3.20. The van der Waals surface area contributed by atoms with Gasteiger partial charge in [0.2, 0.25) is 0 Å². The molecule has 1 unspecified atom stereocenters. The number of nitrogens with zero attached hydrogens (tertiary/aromatic N) is 2. The Morgan fingerprint density at radius 3 is 2.25 bits per heavy atom. The number of hydrogen-bond acceptors (Lipinski definition) is 3. The van der Waals surface area contributed by atoms with Crippen LogP contribution in [-0.4, -0.2) is 22.6 Å². The van der Waals surface area contributed by atoms with Crippen LogP contribution in [0.4, 0.5) is 0 Å². The normalized spacial score (nSPS) is 20.8.